The van der Waals surface area contributed by atoms with E-state index in [1.807, 2.05) is 86.4 Å². The lowest BCUT2D eigenvalue weighted by Crippen LogP contribution is -2.65. The van der Waals surface area contributed by atoms with Crippen LogP contribution in [0.3, 0.4) is 0 Å². The summed E-state index contributed by atoms with van der Waals surface area (Å²) in [6, 6.07) is 13.7. The van der Waals surface area contributed by atoms with Crippen molar-refractivity contribution in [3.8, 4) is 0 Å². The monoisotopic (exact) mass is 478 g/mol. The molecule has 1 N–H and O–H groups in total. The Balaban J connectivity index is 1.67. The summed E-state index contributed by atoms with van der Waals surface area (Å²) in [6.07, 6.45) is 5.34. The zero-order chi connectivity index (χ0) is 24.5. The van der Waals surface area contributed by atoms with Gasteiger partial charge in [-0.25, -0.2) is 0 Å². The third kappa shape index (κ3) is 4.61. The molecule has 34 heavy (non-hydrogen) atoms. The number of anilines is 1. The Morgan fingerprint density at radius 3 is 2.68 bits per heavy atom. The van der Waals surface area contributed by atoms with E-state index < -0.39 is 5.54 Å². The zero-order valence-corrected chi connectivity index (χ0v) is 20.9. The van der Waals surface area contributed by atoms with Gasteiger partial charge >= 0.3 is 0 Å². The molecule has 0 aliphatic carbocycles. The number of aryl methyl sites for hydroxylation is 1. The number of benzene rings is 2. The Morgan fingerprint density at radius 2 is 1.97 bits per heavy atom. The molecule has 1 saturated heterocycles. The second-order valence-corrected chi connectivity index (χ2v) is 9.59. The van der Waals surface area contributed by atoms with Crippen LogP contribution >= 0.6 is 11.6 Å². The minimum absolute atomic E-state index is 0.00641. The van der Waals surface area contributed by atoms with E-state index in [0.717, 1.165) is 22.2 Å². The molecule has 1 aliphatic rings. The maximum absolute atomic E-state index is 12.9. The fourth-order valence-corrected chi connectivity index (χ4v) is 4.73. The summed E-state index contributed by atoms with van der Waals surface area (Å²) in [6.45, 7) is 6.30. The topological polar surface area (TPSA) is 57.6 Å². The molecule has 178 valence electrons. The summed E-state index contributed by atoms with van der Waals surface area (Å²) in [5.74, 6) is -0.0108. The standard InChI is InChI=1S/C27H31ClN4O2/c1-5-31-15-13-20-11-12-21(16-22(20)26(31)34)29-27(23-8-6-9-24(28)19(23)2)17-32(18-27)25(33)10-7-14-30(3)4/h6-13,15-16,29H,5,14,17-18H2,1-4H3/b10-7+. The third-order valence-corrected chi connectivity index (χ3v) is 6.86. The number of likely N-dealkylation sites (tertiary alicyclic amines) is 1. The number of carbonyl (C=O) groups is 1. The molecular weight excluding hydrogens is 448 g/mol. The molecule has 3 aromatic rings. The number of nitrogens with one attached hydrogen (secondary N) is 1. The Labute approximate surface area is 205 Å². The molecule has 1 aliphatic heterocycles. The zero-order valence-electron chi connectivity index (χ0n) is 20.1. The molecule has 0 unspecified atom stereocenters. The molecule has 0 radical (unpaired) electrons. The van der Waals surface area contributed by atoms with Gasteiger partial charge in [-0.2, -0.15) is 0 Å². The number of likely N-dealkylation sites (N-methyl/N-ethyl adjacent to an activating group) is 1. The fraction of sp³-hybridized carbons (Fsp3) is 0.333. The van der Waals surface area contributed by atoms with Gasteiger partial charge in [0, 0.05) is 41.5 Å². The molecule has 0 spiro atoms. The maximum Gasteiger partial charge on any atom is 0.258 e. The predicted octanol–water partition coefficient (Wildman–Crippen LogP) is 4.25. The van der Waals surface area contributed by atoms with Crippen molar-refractivity contribution in [1.82, 2.24) is 14.4 Å². The molecule has 0 saturated carbocycles. The number of halogens is 1. The summed E-state index contributed by atoms with van der Waals surface area (Å²) in [4.78, 5) is 29.4. The molecule has 2 heterocycles. The average molecular weight is 479 g/mol. The van der Waals surface area contributed by atoms with Crippen molar-refractivity contribution in [3.05, 3.63) is 87.3 Å². The van der Waals surface area contributed by atoms with E-state index in [1.165, 1.54) is 0 Å². The highest BCUT2D eigenvalue weighted by molar-refractivity contribution is 6.31. The van der Waals surface area contributed by atoms with Crippen molar-refractivity contribution in [2.45, 2.75) is 25.9 Å². The molecule has 6 nitrogen and oxygen atoms in total. The van der Waals surface area contributed by atoms with Crippen molar-refractivity contribution in [3.63, 3.8) is 0 Å². The smallest absolute Gasteiger partial charge is 0.258 e. The third-order valence-electron chi connectivity index (χ3n) is 6.45. The highest BCUT2D eigenvalue weighted by Crippen LogP contribution is 2.39. The summed E-state index contributed by atoms with van der Waals surface area (Å²) in [5, 5.41) is 5.93. The van der Waals surface area contributed by atoms with Crippen molar-refractivity contribution >= 4 is 34.0 Å². The van der Waals surface area contributed by atoms with Gasteiger partial charge in [-0.1, -0.05) is 35.9 Å². The molecule has 7 heteroatoms. The molecule has 0 atom stereocenters. The number of amides is 1. The van der Waals surface area contributed by atoms with Crippen LogP contribution in [0.1, 0.15) is 18.1 Å². The van der Waals surface area contributed by atoms with E-state index in [9.17, 15) is 9.59 Å². The van der Waals surface area contributed by atoms with Gasteiger partial charge < -0.3 is 19.7 Å². The highest BCUT2D eigenvalue weighted by atomic mass is 35.5. The quantitative estimate of drug-likeness (QED) is 0.516. The van der Waals surface area contributed by atoms with Gasteiger partial charge in [0.1, 0.15) is 0 Å². The largest absolute Gasteiger partial charge is 0.372 e. The van der Waals surface area contributed by atoms with Crippen molar-refractivity contribution in [2.24, 2.45) is 0 Å². The van der Waals surface area contributed by atoms with E-state index in [0.29, 0.717) is 36.6 Å². The molecule has 1 aromatic heterocycles. The van der Waals surface area contributed by atoms with Gasteiger partial charge in [0.2, 0.25) is 5.91 Å². The van der Waals surface area contributed by atoms with Gasteiger partial charge in [-0.3, -0.25) is 9.59 Å². The number of aromatic nitrogens is 1. The van der Waals surface area contributed by atoms with E-state index in [-0.39, 0.29) is 11.5 Å². The summed E-state index contributed by atoms with van der Waals surface area (Å²) in [5.41, 5.74) is 2.38. The van der Waals surface area contributed by atoms with Gasteiger partial charge in [0.05, 0.1) is 18.6 Å². The number of nitrogens with zero attached hydrogens (tertiary/aromatic N) is 3. The summed E-state index contributed by atoms with van der Waals surface area (Å²) < 4.78 is 1.70. The van der Waals surface area contributed by atoms with Crippen molar-refractivity contribution in [1.29, 1.82) is 0 Å². The number of hydrogen-bond donors (Lipinski definition) is 1. The van der Waals surface area contributed by atoms with Crippen molar-refractivity contribution in [2.75, 3.05) is 39.0 Å². The summed E-state index contributed by atoms with van der Waals surface area (Å²) >= 11 is 6.47. The summed E-state index contributed by atoms with van der Waals surface area (Å²) in [7, 11) is 3.93. The first-order chi connectivity index (χ1) is 16.2. The lowest BCUT2D eigenvalue weighted by molar-refractivity contribution is -0.132. The lowest BCUT2D eigenvalue weighted by atomic mass is 9.79. The minimum Gasteiger partial charge on any atom is -0.372 e. The van der Waals surface area contributed by atoms with E-state index in [1.54, 1.807) is 10.6 Å². The number of carbonyl (C=O) groups excluding carboxylic acids is 1. The van der Waals surface area contributed by atoms with Gasteiger partial charge in [-0.05, 0) is 68.7 Å². The van der Waals surface area contributed by atoms with Crippen LogP contribution in [0.2, 0.25) is 5.02 Å². The second kappa shape index (κ2) is 9.65. The normalized spacial score (nSPS) is 15.2. The number of rotatable bonds is 7. The van der Waals surface area contributed by atoms with Crippen LogP contribution in [0.25, 0.3) is 10.8 Å². The SMILES string of the molecule is CCn1ccc2ccc(NC3(c4cccc(Cl)c4C)CN(C(=O)/C=C/CN(C)C)C3)cc2c1=O. The van der Waals surface area contributed by atoms with E-state index >= 15 is 0 Å². The Morgan fingerprint density at radius 1 is 1.21 bits per heavy atom. The maximum atomic E-state index is 12.9. The first-order valence-corrected chi connectivity index (χ1v) is 11.9. The molecule has 0 bridgehead atoms. The number of fused-ring (bicyclic) bond motifs is 1. The van der Waals surface area contributed by atoms with Crippen LogP contribution in [0.4, 0.5) is 5.69 Å². The Kier molecular flexibility index (Phi) is 6.82. The van der Waals surface area contributed by atoms with Crippen LogP contribution in [-0.2, 0) is 16.9 Å². The van der Waals surface area contributed by atoms with Gasteiger partial charge in [0.15, 0.2) is 0 Å². The fourth-order valence-electron chi connectivity index (χ4n) is 4.56. The lowest BCUT2D eigenvalue weighted by Gasteiger charge is -2.51. The molecule has 4 rings (SSSR count). The van der Waals surface area contributed by atoms with Crippen LogP contribution in [-0.4, -0.2) is 54.0 Å². The van der Waals surface area contributed by atoms with Crippen LogP contribution < -0.4 is 10.9 Å². The average Bonchev–Trinajstić information content (AvgIpc) is 2.78. The van der Waals surface area contributed by atoms with Gasteiger partial charge in [-0.15, -0.1) is 0 Å². The van der Waals surface area contributed by atoms with E-state index in [2.05, 4.69) is 11.4 Å². The van der Waals surface area contributed by atoms with Crippen LogP contribution in [0, 0.1) is 6.92 Å². The second-order valence-electron chi connectivity index (χ2n) is 9.19. The first kappa shape index (κ1) is 24.0. The van der Waals surface area contributed by atoms with Crippen LogP contribution in [0.5, 0.6) is 0 Å². The Bertz CT molecular complexity index is 1310. The highest BCUT2D eigenvalue weighted by Gasteiger charge is 2.47. The minimum atomic E-state index is -0.494. The number of hydrogen-bond acceptors (Lipinski definition) is 4. The molecule has 2 aromatic carbocycles. The van der Waals surface area contributed by atoms with Crippen molar-refractivity contribution < 1.29 is 4.79 Å². The first-order valence-electron chi connectivity index (χ1n) is 11.5. The molecule has 1 amide bonds. The predicted molar refractivity (Wildman–Crippen MR) is 140 cm³/mol. The number of pyridine rings is 1. The van der Waals surface area contributed by atoms with E-state index in [4.69, 9.17) is 11.6 Å². The van der Waals surface area contributed by atoms with Gasteiger partial charge in [0.25, 0.3) is 5.56 Å². The molecular formula is C27H31ClN4O2. The Hall–Kier alpha value is -3.09. The van der Waals surface area contributed by atoms with Crippen LogP contribution in [0.15, 0.2) is 65.6 Å². The molecule has 1 fully saturated rings.